The highest BCUT2D eigenvalue weighted by atomic mass is 32.1. The van der Waals surface area contributed by atoms with Crippen LogP contribution in [-0.4, -0.2) is 14.9 Å². The Hall–Kier alpha value is -1.77. The molecule has 0 atom stereocenters. The number of thiocarbonyl (C=S) groups is 1. The lowest BCUT2D eigenvalue weighted by Crippen LogP contribution is -1.92. The van der Waals surface area contributed by atoms with Gasteiger partial charge in [0.1, 0.15) is 0 Å². The third-order valence-electron chi connectivity index (χ3n) is 1.79. The van der Waals surface area contributed by atoms with E-state index in [2.05, 4.69) is 27.5 Å². The number of rotatable bonds is 2. The van der Waals surface area contributed by atoms with Crippen LogP contribution in [0.25, 0.3) is 5.69 Å². The Morgan fingerprint density at radius 2 is 2.07 bits per heavy atom. The highest BCUT2D eigenvalue weighted by Gasteiger charge is 1.94. The van der Waals surface area contributed by atoms with Gasteiger partial charge in [0, 0.05) is 12.4 Å². The third-order valence-corrected chi connectivity index (χ3v) is 1.88. The number of hydrogen-bond donors (Lipinski definition) is 0. The molecule has 0 bridgehead atoms. The van der Waals surface area contributed by atoms with Gasteiger partial charge in [0.15, 0.2) is 0 Å². The number of benzene rings is 1. The largest absolute Gasteiger partial charge is 0.241 e. The molecule has 0 saturated carbocycles. The smallest absolute Gasteiger partial charge is 0.0741 e. The molecular weight excluding hydrogens is 194 g/mol. The number of aliphatic imine (C=N–C) groups is 1. The monoisotopic (exact) mass is 201 g/mol. The number of hydrogen-bond acceptors (Lipinski definition) is 3. The van der Waals surface area contributed by atoms with Crippen molar-refractivity contribution >= 4 is 23.1 Å². The molecule has 0 unspecified atom stereocenters. The second-order valence-corrected chi connectivity index (χ2v) is 2.85. The minimum absolute atomic E-state index is 0.802. The summed E-state index contributed by atoms with van der Waals surface area (Å²) in [7, 11) is 0. The van der Waals surface area contributed by atoms with Crippen molar-refractivity contribution in [3.05, 3.63) is 42.7 Å². The van der Waals surface area contributed by atoms with Crippen molar-refractivity contribution in [2.75, 3.05) is 0 Å². The fourth-order valence-electron chi connectivity index (χ4n) is 1.15. The molecule has 0 aliphatic rings. The van der Waals surface area contributed by atoms with E-state index < -0.39 is 0 Å². The van der Waals surface area contributed by atoms with Crippen LogP contribution in [-0.2, 0) is 0 Å². The van der Waals surface area contributed by atoms with Gasteiger partial charge >= 0.3 is 0 Å². The second-order valence-electron chi connectivity index (χ2n) is 2.67. The molecule has 14 heavy (non-hydrogen) atoms. The van der Waals surface area contributed by atoms with Crippen LogP contribution in [0.1, 0.15) is 0 Å². The Morgan fingerprint density at radius 3 is 2.64 bits per heavy atom. The van der Waals surface area contributed by atoms with Crippen LogP contribution in [0.5, 0.6) is 0 Å². The molecule has 0 aliphatic carbocycles. The number of aromatic nitrogens is 2. The predicted octanol–water partition coefficient (Wildman–Crippen LogP) is 2.61. The normalized spacial score (nSPS) is 9.43. The summed E-state index contributed by atoms with van der Waals surface area (Å²) >= 11 is 4.51. The molecule has 1 aromatic carbocycles. The van der Waals surface area contributed by atoms with Gasteiger partial charge in [0.05, 0.1) is 16.5 Å². The van der Waals surface area contributed by atoms with Gasteiger partial charge < -0.3 is 0 Å². The van der Waals surface area contributed by atoms with E-state index in [-0.39, 0.29) is 0 Å². The maximum atomic E-state index is 4.51. The third kappa shape index (κ3) is 1.76. The van der Waals surface area contributed by atoms with Crippen LogP contribution in [0.3, 0.4) is 0 Å². The summed E-state index contributed by atoms with van der Waals surface area (Å²) in [5, 5.41) is 6.44. The zero-order valence-electron chi connectivity index (χ0n) is 7.29. The summed E-state index contributed by atoms with van der Waals surface area (Å²) in [6.45, 7) is 0. The summed E-state index contributed by atoms with van der Waals surface area (Å²) in [6.07, 6.45) is 3.63. The van der Waals surface area contributed by atoms with Crippen molar-refractivity contribution < 1.29 is 0 Å². The standard InChI is InChI=1S/C10H7N3S/c14-8-11-9-2-4-10(5-3-9)13-7-1-6-12-13/h1-7H. The molecule has 3 nitrogen and oxygen atoms in total. The number of nitrogens with zero attached hydrogens (tertiary/aromatic N) is 3. The Balaban J connectivity index is 2.35. The average Bonchev–Trinajstić information content (AvgIpc) is 2.72. The molecule has 68 valence electrons. The van der Waals surface area contributed by atoms with Crippen molar-refractivity contribution in [3.63, 3.8) is 0 Å². The van der Waals surface area contributed by atoms with E-state index in [1.54, 1.807) is 10.9 Å². The molecule has 0 fully saturated rings. The van der Waals surface area contributed by atoms with Crippen LogP contribution in [0.4, 0.5) is 5.69 Å². The summed E-state index contributed by atoms with van der Waals surface area (Å²) in [5.41, 5.74) is 1.80. The number of isothiocyanates is 1. The molecule has 1 aromatic heterocycles. The Kier molecular flexibility index (Phi) is 2.49. The molecular formula is C10H7N3S. The second kappa shape index (κ2) is 3.96. The quantitative estimate of drug-likeness (QED) is 0.552. The molecule has 2 rings (SSSR count). The Morgan fingerprint density at radius 1 is 1.29 bits per heavy atom. The summed E-state index contributed by atoms with van der Waals surface area (Å²) in [4.78, 5) is 3.86. The molecule has 0 aliphatic heterocycles. The Bertz CT molecular complexity index is 453. The van der Waals surface area contributed by atoms with E-state index in [4.69, 9.17) is 0 Å². The summed E-state index contributed by atoms with van der Waals surface area (Å²) < 4.78 is 1.78. The predicted molar refractivity (Wildman–Crippen MR) is 58.3 cm³/mol. The van der Waals surface area contributed by atoms with E-state index in [0.29, 0.717) is 0 Å². The topological polar surface area (TPSA) is 30.2 Å². The highest BCUT2D eigenvalue weighted by molar-refractivity contribution is 7.78. The van der Waals surface area contributed by atoms with E-state index in [9.17, 15) is 0 Å². The molecule has 4 heteroatoms. The molecule has 0 spiro atoms. The lowest BCUT2D eigenvalue weighted by atomic mass is 10.3. The zero-order chi connectivity index (χ0) is 9.80. The van der Waals surface area contributed by atoms with Gasteiger partial charge in [-0.1, -0.05) is 0 Å². The van der Waals surface area contributed by atoms with Gasteiger partial charge in [-0.2, -0.15) is 10.1 Å². The molecule has 0 N–H and O–H groups in total. The molecule has 0 amide bonds. The van der Waals surface area contributed by atoms with Crippen LogP contribution >= 0.6 is 12.2 Å². The molecule has 0 saturated heterocycles. The van der Waals surface area contributed by atoms with Crippen molar-refractivity contribution in [3.8, 4) is 5.69 Å². The first-order valence-corrected chi connectivity index (χ1v) is 4.49. The van der Waals surface area contributed by atoms with Crippen molar-refractivity contribution in [1.82, 2.24) is 9.78 Å². The molecule has 2 aromatic rings. The zero-order valence-corrected chi connectivity index (χ0v) is 8.11. The van der Waals surface area contributed by atoms with Crippen LogP contribution in [0.2, 0.25) is 0 Å². The van der Waals surface area contributed by atoms with Crippen LogP contribution < -0.4 is 0 Å². The van der Waals surface area contributed by atoms with Gasteiger partial charge in [-0.3, -0.25) is 0 Å². The first-order chi connectivity index (χ1) is 6.90. The van der Waals surface area contributed by atoms with Crippen molar-refractivity contribution in [1.29, 1.82) is 0 Å². The fraction of sp³-hybridized carbons (Fsp3) is 0. The van der Waals surface area contributed by atoms with Crippen molar-refractivity contribution in [2.24, 2.45) is 4.99 Å². The minimum Gasteiger partial charge on any atom is -0.241 e. The molecule has 0 radical (unpaired) electrons. The van der Waals surface area contributed by atoms with E-state index in [1.165, 1.54) is 0 Å². The van der Waals surface area contributed by atoms with Crippen LogP contribution in [0, 0.1) is 0 Å². The maximum Gasteiger partial charge on any atom is 0.0741 e. The SMILES string of the molecule is S=C=Nc1ccc(-n2cccn2)cc1. The van der Waals surface area contributed by atoms with Gasteiger partial charge in [-0.15, -0.1) is 0 Å². The van der Waals surface area contributed by atoms with Gasteiger partial charge in [-0.25, -0.2) is 4.68 Å². The lowest BCUT2D eigenvalue weighted by molar-refractivity contribution is 0.880. The van der Waals surface area contributed by atoms with Crippen molar-refractivity contribution in [2.45, 2.75) is 0 Å². The van der Waals surface area contributed by atoms with E-state index >= 15 is 0 Å². The first-order valence-electron chi connectivity index (χ1n) is 4.08. The average molecular weight is 201 g/mol. The van der Waals surface area contributed by atoms with Gasteiger partial charge in [0.25, 0.3) is 0 Å². The van der Waals surface area contributed by atoms with Gasteiger partial charge in [-0.05, 0) is 42.5 Å². The first kappa shape index (κ1) is 8.81. The summed E-state index contributed by atoms with van der Waals surface area (Å²) in [5.74, 6) is 0. The highest BCUT2D eigenvalue weighted by Crippen LogP contribution is 2.14. The van der Waals surface area contributed by atoms with E-state index in [0.717, 1.165) is 11.4 Å². The van der Waals surface area contributed by atoms with Crippen LogP contribution in [0.15, 0.2) is 47.7 Å². The van der Waals surface area contributed by atoms with Gasteiger partial charge in [0.2, 0.25) is 0 Å². The molecule has 1 heterocycles. The summed E-state index contributed by atoms with van der Waals surface area (Å²) in [6, 6.07) is 9.48. The maximum absolute atomic E-state index is 4.51. The fourth-order valence-corrected chi connectivity index (χ4v) is 1.26. The van der Waals surface area contributed by atoms with E-state index in [1.807, 2.05) is 36.5 Å². The lowest BCUT2D eigenvalue weighted by Gasteiger charge is -1.99. The Labute approximate surface area is 86.7 Å². The minimum atomic E-state index is 0.802.